The van der Waals surface area contributed by atoms with Crippen LogP contribution in [0.2, 0.25) is 0 Å². The van der Waals surface area contributed by atoms with E-state index in [0.29, 0.717) is 11.3 Å². The number of aliphatic hydroxyl groups is 1. The number of aliphatic carboxylic acids is 1. The Hall–Kier alpha value is -2.50. The zero-order valence-corrected chi connectivity index (χ0v) is 19.2. The van der Waals surface area contributed by atoms with E-state index in [-0.39, 0.29) is 18.6 Å². The van der Waals surface area contributed by atoms with Gasteiger partial charge in [-0.15, -0.1) is 6.58 Å². The molecule has 0 aliphatic carbocycles. The summed E-state index contributed by atoms with van der Waals surface area (Å²) in [6.45, 7) is 8.36. The molecule has 0 radical (unpaired) electrons. The minimum Gasteiger partial charge on any atom is -0.480 e. The predicted molar refractivity (Wildman–Crippen MR) is 121 cm³/mol. The Morgan fingerprint density at radius 2 is 2.00 bits per heavy atom. The number of hydrogen-bond acceptors (Lipinski definition) is 8. The van der Waals surface area contributed by atoms with Gasteiger partial charge in [0.1, 0.15) is 31.0 Å². The third kappa shape index (κ3) is 7.79. The van der Waals surface area contributed by atoms with Gasteiger partial charge in [-0.1, -0.05) is 19.1 Å². The van der Waals surface area contributed by atoms with Gasteiger partial charge in [0.05, 0.1) is 19.3 Å². The number of carbonyl (C=O) groups excluding carboxylic acids is 1. The maximum Gasteiger partial charge on any atom is 0.329 e. The molecule has 1 aromatic carbocycles. The number of hydrogen-bond donors (Lipinski definition) is 4. The second kappa shape index (κ2) is 12.7. The van der Waals surface area contributed by atoms with Crippen LogP contribution in [0.5, 0.6) is 0 Å². The smallest absolute Gasteiger partial charge is 0.329 e. The van der Waals surface area contributed by atoms with Gasteiger partial charge < -0.3 is 40.2 Å². The van der Waals surface area contributed by atoms with E-state index in [1.165, 1.54) is 6.07 Å². The van der Waals surface area contributed by atoms with Gasteiger partial charge in [-0.3, -0.25) is 4.79 Å². The van der Waals surface area contributed by atoms with Crippen molar-refractivity contribution in [3.05, 3.63) is 42.5 Å². The number of nitrogens with one attached hydrogen (secondary N) is 1. The summed E-state index contributed by atoms with van der Waals surface area (Å²) in [5.74, 6) is -1.69. The SMILES string of the molecule is C=CC(C)COC1C(CO)OC(OC(C)C)C(NC(=O)c2cccc(N)c2)[C@H]1OCC(=O)O. The Labute approximate surface area is 193 Å². The van der Waals surface area contributed by atoms with Crippen molar-refractivity contribution < 1.29 is 38.7 Å². The van der Waals surface area contributed by atoms with Crippen molar-refractivity contribution in [2.24, 2.45) is 5.92 Å². The zero-order chi connectivity index (χ0) is 24.5. The lowest BCUT2D eigenvalue weighted by molar-refractivity contribution is -0.291. The molecule has 2 rings (SSSR count). The van der Waals surface area contributed by atoms with Crippen LogP contribution in [-0.4, -0.2) is 78.7 Å². The number of benzene rings is 1. The minimum absolute atomic E-state index is 0.0190. The summed E-state index contributed by atoms with van der Waals surface area (Å²) in [5.41, 5.74) is 6.51. The van der Waals surface area contributed by atoms with Gasteiger partial charge in [0.15, 0.2) is 6.29 Å². The van der Waals surface area contributed by atoms with Crippen molar-refractivity contribution in [2.45, 2.75) is 57.5 Å². The van der Waals surface area contributed by atoms with Crippen LogP contribution < -0.4 is 11.1 Å². The van der Waals surface area contributed by atoms with E-state index in [1.807, 2.05) is 6.92 Å². The molecule has 0 saturated carbocycles. The molecule has 5 unspecified atom stereocenters. The van der Waals surface area contributed by atoms with Gasteiger partial charge in [-0.2, -0.15) is 0 Å². The van der Waals surface area contributed by atoms with E-state index >= 15 is 0 Å². The predicted octanol–water partition coefficient (Wildman–Crippen LogP) is 1.19. The number of rotatable bonds is 12. The third-order valence-electron chi connectivity index (χ3n) is 5.03. The lowest BCUT2D eigenvalue weighted by Gasteiger charge is -2.46. The van der Waals surface area contributed by atoms with Crippen LogP contribution in [0, 0.1) is 5.92 Å². The van der Waals surface area contributed by atoms with Crippen molar-refractivity contribution in [3.8, 4) is 0 Å². The molecule has 10 heteroatoms. The average Bonchev–Trinajstić information content (AvgIpc) is 2.76. The van der Waals surface area contributed by atoms with E-state index in [4.69, 9.17) is 24.7 Å². The number of ether oxygens (including phenoxy) is 4. The Morgan fingerprint density at radius 1 is 1.27 bits per heavy atom. The quantitative estimate of drug-likeness (QED) is 0.263. The Bertz CT molecular complexity index is 802. The van der Waals surface area contributed by atoms with Crippen LogP contribution in [0.3, 0.4) is 0 Å². The minimum atomic E-state index is -1.19. The fraction of sp³-hybridized carbons (Fsp3) is 0.565. The maximum absolute atomic E-state index is 13.0. The van der Waals surface area contributed by atoms with Gasteiger partial charge in [0.2, 0.25) is 0 Å². The number of carbonyl (C=O) groups is 2. The molecule has 1 aromatic rings. The third-order valence-corrected chi connectivity index (χ3v) is 5.03. The Morgan fingerprint density at radius 3 is 2.58 bits per heavy atom. The fourth-order valence-electron chi connectivity index (χ4n) is 3.40. The highest BCUT2D eigenvalue weighted by atomic mass is 16.7. The van der Waals surface area contributed by atoms with E-state index in [9.17, 15) is 19.8 Å². The summed E-state index contributed by atoms with van der Waals surface area (Å²) in [6, 6.07) is 5.47. The summed E-state index contributed by atoms with van der Waals surface area (Å²) in [4.78, 5) is 24.3. The summed E-state index contributed by atoms with van der Waals surface area (Å²) in [5, 5.41) is 22.0. The molecule has 1 heterocycles. The van der Waals surface area contributed by atoms with Crippen molar-refractivity contribution >= 4 is 17.6 Å². The number of amides is 1. The van der Waals surface area contributed by atoms with Crippen LogP contribution >= 0.6 is 0 Å². The Kier molecular flexibility index (Phi) is 10.3. The molecule has 6 atom stereocenters. The molecule has 10 nitrogen and oxygen atoms in total. The van der Waals surface area contributed by atoms with Crippen LogP contribution in [0.4, 0.5) is 5.69 Å². The molecule has 0 bridgehead atoms. The first-order valence-electron chi connectivity index (χ1n) is 10.8. The average molecular weight is 467 g/mol. The summed E-state index contributed by atoms with van der Waals surface area (Å²) >= 11 is 0. The molecule has 1 aliphatic rings. The topological polar surface area (TPSA) is 150 Å². The molecular formula is C23H34N2O8. The summed E-state index contributed by atoms with van der Waals surface area (Å²) < 4.78 is 23.5. The lowest BCUT2D eigenvalue weighted by atomic mass is 9.95. The van der Waals surface area contributed by atoms with Crippen molar-refractivity contribution in [2.75, 3.05) is 25.6 Å². The van der Waals surface area contributed by atoms with Crippen molar-refractivity contribution in [1.29, 1.82) is 0 Å². The number of carboxylic acid groups (broad SMARTS) is 1. The second-order valence-electron chi connectivity index (χ2n) is 8.22. The molecule has 184 valence electrons. The standard InChI is InChI=1S/C23H34N2O8/c1-5-14(4)11-30-20-17(10-26)33-23(32-13(2)3)19(21(20)31-12-18(27)28)25-22(29)15-7-6-8-16(24)9-15/h5-9,13-14,17,19-21,23,26H,1,10-12,24H2,2-4H3,(H,25,29)(H,27,28)/t14?,17?,19?,20?,21-,23?/m1/s1. The van der Waals surface area contributed by atoms with Gasteiger partial charge in [-0.25, -0.2) is 4.79 Å². The molecular weight excluding hydrogens is 432 g/mol. The first-order valence-corrected chi connectivity index (χ1v) is 10.8. The first kappa shape index (κ1) is 26.7. The van der Waals surface area contributed by atoms with Gasteiger partial charge in [0.25, 0.3) is 5.91 Å². The largest absolute Gasteiger partial charge is 0.480 e. The summed E-state index contributed by atoms with van der Waals surface area (Å²) in [7, 11) is 0. The van der Waals surface area contributed by atoms with Crippen molar-refractivity contribution in [1.82, 2.24) is 5.32 Å². The maximum atomic E-state index is 13.0. The summed E-state index contributed by atoms with van der Waals surface area (Å²) in [6.07, 6.45) is -2.35. The normalized spacial score (nSPS) is 26.0. The molecule has 1 fully saturated rings. The molecule has 1 saturated heterocycles. The number of nitrogens with two attached hydrogens (primary N) is 1. The molecule has 5 N–H and O–H groups in total. The molecule has 0 aromatic heterocycles. The highest BCUT2D eigenvalue weighted by molar-refractivity contribution is 5.95. The number of aliphatic hydroxyl groups excluding tert-OH is 1. The molecule has 0 spiro atoms. The van der Waals surface area contributed by atoms with E-state index in [0.717, 1.165) is 0 Å². The van der Waals surface area contributed by atoms with E-state index < -0.39 is 55.7 Å². The fourth-order valence-corrected chi connectivity index (χ4v) is 3.40. The van der Waals surface area contributed by atoms with Gasteiger partial charge in [-0.05, 0) is 38.0 Å². The molecule has 1 amide bonds. The number of anilines is 1. The first-order chi connectivity index (χ1) is 15.7. The monoisotopic (exact) mass is 466 g/mol. The van der Waals surface area contributed by atoms with Gasteiger partial charge >= 0.3 is 5.97 Å². The number of nitrogen functional groups attached to an aromatic ring is 1. The van der Waals surface area contributed by atoms with Crippen LogP contribution in [0.15, 0.2) is 36.9 Å². The van der Waals surface area contributed by atoms with Gasteiger partial charge in [0, 0.05) is 11.3 Å². The van der Waals surface area contributed by atoms with Crippen molar-refractivity contribution in [3.63, 3.8) is 0 Å². The lowest BCUT2D eigenvalue weighted by Crippen LogP contribution is -2.66. The van der Waals surface area contributed by atoms with Crippen LogP contribution in [-0.2, 0) is 23.7 Å². The van der Waals surface area contributed by atoms with Crippen LogP contribution in [0.1, 0.15) is 31.1 Å². The van der Waals surface area contributed by atoms with E-state index in [2.05, 4.69) is 11.9 Å². The highest BCUT2D eigenvalue weighted by Gasteiger charge is 2.49. The molecule has 33 heavy (non-hydrogen) atoms. The van der Waals surface area contributed by atoms with Crippen LogP contribution in [0.25, 0.3) is 0 Å². The number of carboxylic acids is 1. The Balaban J connectivity index is 2.39. The zero-order valence-electron chi connectivity index (χ0n) is 19.2. The molecule has 1 aliphatic heterocycles. The van der Waals surface area contributed by atoms with E-state index in [1.54, 1.807) is 38.1 Å². The second-order valence-corrected chi connectivity index (χ2v) is 8.22. The highest BCUT2D eigenvalue weighted by Crippen LogP contribution is 2.28.